The van der Waals surface area contributed by atoms with Crippen molar-refractivity contribution < 1.29 is 5.11 Å². The van der Waals surface area contributed by atoms with Crippen LogP contribution in [0.2, 0.25) is 0 Å². The average molecular weight is 344 g/mol. The van der Waals surface area contributed by atoms with Crippen molar-refractivity contribution in [3.8, 4) is 0 Å². The third kappa shape index (κ3) is 3.72. The van der Waals surface area contributed by atoms with Crippen LogP contribution in [0.25, 0.3) is 21.5 Å². The van der Waals surface area contributed by atoms with E-state index in [0.717, 1.165) is 23.8 Å². The second-order valence-electron chi connectivity index (χ2n) is 6.80. The Kier molecular flexibility index (Phi) is 6.22. The van der Waals surface area contributed by atoms with Gasteiger partial charge in [0, 0.05) is 0 Å². The van der Waals surface area contributed by atoms with E-state index < -0.39 is 6.10 Å². The molecule has 0 heterocycles. The summed E-state index contributed by atoms with van der Waals surface area (Å²) in [6.07, 6.45) is 1.21. The maximum atomic E-state index is 10.5. The van der Waals surface area contributed by atoms with Crippen molar-refractivity contribution in [3.05, 3.63) is 60.2 Å². The minimum absolute atomic E-state index is 0. The van der Waals surface area contributed by atoms with Gasteiger partial charge < -0.3 is 10.8 Å². The van der Waals surface area contributed by atoms with Crippen LogP contribution in [0, 0.1) is 5.92 Å². The minimum atomic E-state index is -0.512. The van der Waals surface area contributed by atoms with E-state index >= 15 is 0 Å². The second-order valence-corrected chi connectivity index (χ2v) is 6.80. The molecule has 0 aromatic heterocycles. The molecule has 2 atom stereocenters. The van der Waals surface area contributed by atoms with Crippen molar-refractivity contribution in [2.24, 2.45) is 11.7 Å². The van der Waals surface area contributed by atoms with Gasteiger partial charge in [-0.3, -0.25) is 0 Å². The molecule has 0 radical (unpaired) electrons. The molecule has 3 aromatic carbocycles. The Balaban J connectivity index is 0.00000208. The first-order chi connectivity index (χ1) is 11.1. The molecule has 24 heavy (non-hydrogen) atoms. The Labute approximate surface area is 150 Å². The third-order valence-electron chi connectivity index (χ3n) is 4.61. The van der Waals surface area contributed by atoms with Gasteiger partial charge >= 0.3 is 0 Å². The van der Waals surface area contributed by atoms with Gasteiger partial charge in [-0.2, -0.15) is 0 Å². The molecule has 0 bridgehead atoms. The molecule has 0 aliphatic rings. The number of hydrogen-bond acceptors (Lipinski definition) is 2. The highest BCUT2D eigenvalue weighted by molar-refractivity contribution is 6.09. The first-order valence-electron chi connectivity index (χ1n) is 8.42. The van der Waals surface area contributed by atoms with E-state index in [2.05, 4.69) is 56.3 Å². The van der Waals surface area contributed by atoms with Crippen LogP contribution in [0.5, 0.6) is 0 Å². The van der Waals surface area contributed by atoms with Gasteiger partial charge in [-0.05, 0) is 51.9 Å². The summed E-state index contributed by atoms with van der Waals surface area (Å²) in [5.74, 6) is 0.574. The van der Waals surface area contributed by atoms with E-state index in [4.69, 9.17) is 5.73 Å². The highest BCUT2D eigenvalue weighted by Crippen LogP contribution is 2.33. The predicted octanol–water partition coefficient (Wildman–Crippen LogP) is 5.21. The first-order valence-corrected chi connectivity index (χ1v) is 8.42. The second kappa shape index (κ2) is 7.98. The Morgan fingerprint density at radius 3 is 2.12 bits per heavy atom. The topological polar surface area (TPSA) is 46.2 Å². The van der Waals surface area contributed by atoms with E-state index in [1.807, 2.05) is 12.1 Å². The molecule has 3 rings (SSSR count). The van der Waals surface area contributed by atoms with E-state index in [1.54, 1.807) is 0 Å². The first kappa shape index (κ1) is 18.7. The Morgan fingerprint density at radius 2 is 1.46 bits per heavy atom. The molecule has 0 amide bonds. The highest BCUT2D eigenvalue weighted by Gasteiger charge is 2.20. The van der Waals surface area contributed by atoms with Crippen LogP contribution in [-0.2, 0) is 0 Å². The third-order valence-corrected chi connectivity index (χ3v) is 4.61. The molecular formula is C21H26ClNO. The quantitative estimate of drug-likeness (QED) is 0.624. The molecular weight excluding hydrogens is 318 g/mol. The minimum Gasteiger partial charge on any atom is -0.391 e. The average Bonchev–Trinajstić information content (AvgIpc) is 2.58. The summed E-state index contributed by atoms with van der Waals surface area (Å²) in [5.41, 5.74) is 7.47. The Bertz CT molecular complexity index is 815. The van der Waals surface area contributed by atoms with E-state index in [1.165, 1.54) is 16.2 Å². The zero-order valence-electron chi connectivity index (χ0n) is 14.3. The molecule has 3 N–H and O–H groups in total. The van der Waals surface area contributed by atoms with Crippen LogP contribution < -0.4 is 5.73 Å². The van der Waals surface area contributed by atoms with Crippen LogP contribution in [0.4, 0.5) is 0 Å². The van der Waals surface area contributed by atoms with E-state index in [0.29, 0.717) is 5.92 Å². The van der Waals surface area contributed by atoms with Crippen LogP contribution in [0.15, 0.2) is 54.6 Å². The van der Waals surface area contributed by atoms with Gasteiger partial charge in [0.15, 0.2) is 0 Å². The zero-order chi connectivity index (χ0) is 16.4. The Morgan fingerprint density at radius 1 is 0.875 bits per heavy atom. The lowest BCUT2D eigenvalue weighted by atomic mass is 9.90. The molecule has 0 spiro atoms. The van der Waals surface area contributed by atoms with Crippen molar-refractivity contribution in [3.63, 3.8) is 0 Å². The van der Waals surface area contributed by atoms with Gasteiger partial charge in [-0.15, -0.1) is 12.4 Å². The molecule has 3 aromatic rings. The smallest absolute Gasteiger partial charge is 0.0733 e. The summed E-state index contributed by atoms with van der Waals surface area (Å²) in [6, 6.07) is 18.5. The molecule has 0 unspecified atom stereocenters. The monoisotopic (exact) mass is 343 g/mol. The summed E-state index contributed by atoms with van der Waals surface area (Å²) >= 11 is 0. The summed E-state index contributed by atoms with van der Waals surface area (Å²) in [7, 11) is 0. The van der Waals surface area contributed by atoms with Crippen molar-refractivity contribution in [2.75, 3.05) is 0 Å². The fourth-order valence-corrected chi connectivity index (χ4v) is 3.25. The number of aliphatic hydroxyl groups is 1. The number of halogens is 1. The van der Waals surface area contributed by atoms with Gasteiger partial charge in [0.1, 0.15) is 0 Å². The standard InChI is InChI=1S/C21H25NO.ClH/c1-14(2)11-12-20(23)21(22)19-13-15-7-3-4-8-16(15)17-9-5-6-10-18(17)19;/h3-10,13-14,20-21,23H,11-12,22H2,1-2H3;1H/t20-,21+;/m1./s1. The number of fused-ring (bicyclic) bond motifs is 3. The fraction of sp³-hybridized carbons (Fsp3) is 0.333. The molecule has 128 valence electrons. The molecule has 2 nitrogen and oxygen atoms in total. The van der Waals surface area contributed by atoms with Crippen LogP contribution in [0.1, 0.15) is 38.3 Å². The molecule has 3 heteroatoms. The highest BCUT2D eigenvalue weighted by atomic mass is 35.5. The van der Waals surface area contributed by atoms with Gasteiger partial charge in [0.25, 0.3) is 0 Å². The van der Waals surface area contributed by atoms with Crippen molar-refractivity contribution in [2.45, 2.75) is 38.8 Å². The van der Waals surface area contributed by atoms with Gasteiger partial charge in [0.05, 0.1) is 12.1 Å². The fourth-order valence-electron chi connectivity index (χ4n) is 3.25. The van der Waals surface area contributed by atoms with E-state index in [9.17, 15) is 5.11 Å². The van der Waals surface area contributed by atoms with Crippen LogP contribution >= 0.6 is 12.4 Å². The summed E-state index contributed by atoms with van der Waals surface area (Å²) < 4.78 is 0. The Hall–Kier alpha value is -1.61. The molecule has 0 saturated carbocycles. The maximum absolute atomic E-state index is 10.5. The SMILES string of the molecule is CC(C)CC[C@@H](O)[C@@H](N)c1cc2ccccc2c2ccccc12.Cl. The summed E-state index contributed by atoms with van der Waals surface area (Å²) in [6.45, 7) is 4.34. The lowest BCUT2D eigenvalue weighted by molar-refractivity contribution is 0.129. The van der Waals surface area contributed by atoms with Crippen molar-refractivity contribution in [1.29, 1.82) is 0 Å². The molecule has 0 aliphatic carbocycles. The summed E-state index contributed by atoms with van der Waals surface area (Å²) in [4.78, 5) is 0. The van der Waals surface area contributed by atoms with Crippen molar-refractivity contribution >= 4 is 34.0 Å². The molecule has 0 saturated heterocycles. The number of rotatable bonds is 5. The van der Waals surface area contributed by atoms with Gasteiger partial charge in [-0.1, -0.05) is 62.4 Å². The predicted molar refractivity (Wildman–Crippen MR) is 106 cm³/mol. The summed E-state index contributed by atoms with van der Waals surface area (Å²) in [5, 5.41) is 15.3. The van der Waals surface area contributed by atoms with E-state index in [-0.39, 0.29) is 18.4 Å². The molecule has 0 aliphatic heterocycles. The lowest BCUT2D eigenvalue weighted by Gasteiger charge is -2.22. The number of nitrogens with two attached hydrogens (primary N) is 1. The molecule has 0 fully saturated rings. The largest absolute Gasteiger partial charge is 0.391 e. The lowest BCUT2D eigenvalue weighted by Crippen LogP contribution is -2.26. The number of aliphatic hydroxyl groups excluding tert-OH is 1. The van der Waals surface area contributed by atoms with Gasteiger partial charge in [-0.25, -0.2) is 0 Å². The van der Waals surface area contributed by atoms with Gasteiger partial charge in [0.2, 0.25) is 0 Å². The number of benzene rings is 3. The van der Waals surface area contributed by atoms with Crippen LogP contribution in [0.3, 0.4) is 0 Å². The van der Waals surface area contributed by atoms with Crippen LogP contribution in [-0.4, -0.2) is 11.2 Å². The number of hydrogen-bond donors (Lipinski definition) is 2. The maximum Gasteiger partial charge on any atom is 0.0733 e. The van der Waals surface area contributed by atoms with Crippen molar-refractivity contribution in [1.82, 2.24) is 0 Å². The normalized spacial score (nSPS) is 13.9. The zero-order valence-corrected chi connectivity index (χ0v) is 15.1.